The van der Waals surface area contributed by atoms with Crippen molar-refractivity contribution >= 4 is 33.2 Å². The Morgan fingerprint density at radius 1 is 1.35 bits per heavy atom. The van der Waals surface area contributed by atoms with Crippen molar-refractivity contribution in [3.8, 4) is 0 Å². The minimum Gasteiger partial charge on any atom is -0.351 e. The Morgan fingerprint density at radius 2 is 2.00 bits per heavy atom. The van der Waals surface area contributed by atoms with E-state index in [0.717, 1.165) is 12.8 Å². The van der Waals surface area contributed by atoms with Crippen LogP contribution in [0.1, 0.15) is 10.4 Å². The van der Waals surface area contributed by atoms with Gasteiger partial charge in [-0.1, -0.05) is 11.6 Å². The van der Waals surface area contributed by atoms with Crippen LogP contribution < -0.4 is 10.0 Å². The molecule has 1 rings (SSSR count). The average Bonchev–Trinajstić information content (AvgIpc) is 2.25. The Balaban J connectivity index is 2.75. The van der Waals surface area contributed by atoms with E-state index < -0.39 is 10.0 Å². The van der Waals surface area contributed by atoms with Crippen LogP contribution in [-0.2, 0) is 10.0 Å². The fraction of sp³-hybridized carbons (Fsp3) is 0.417. The average molecular weight is 320 g/mol. The molecule has 8 heteroatoms. The monoisotopic (exact) mass is 319 g/mol. The van der Waals surface area contributed by atoms with E-state index in [2.05, 4.69) is 10.0 Å². The molecule has 0 radical (unpaired) electrons. The van der Waals surface area contributed by atoms with Crippen LogP contribution in [0, 0.1) is 0 Å². The van der Waals surface area contributed by atoms with E-state index in [1.165, 1.54) is 18.2 Å². The minimum absolute atomic E-state index is 0.195. The first-order valence-electron chi connectivity index (χ1n) is 5.89. The summed E-state index contributed by atoms with van der Waals surface area (Å²) in [6, 6.07) is 4.39. The van der Waals surface area contributed by atoms with E-state index >= 15 is 0 Å². The smallest absolute Gasteiger partial charge is 0.252 e. The summed E-state index contributed by atoms with van der Waals surface area (Å²) in [5.74, 6) is -0.289. The van der Waals surface area contributed by atoms with Gasteiger partial charge in [-0.3, -0.25) is 9.52 Å². The van der Waals surface area contributed by atoms with E-state index in [1.54, 1.807) is 0 Å². The fourth-order valence-electron chi connectivity index (χ4n) is 1.47. The van der Waals surface area contributed by atoms with Gasteiger partial charge in [-0.15, -0.1) is 0 Å². The number of nitrogens with one attached hydrogen (secondary N) is 2. The van der Waals surface area contributed by atoms with Gasteiger partial charge >= 0.3 is 0 Å². The van der Waals surface area contributed by atoms with Gasteiger partial charge in [0.1, 0.15) is 0 Å². The number of amides is 1. The highest BCUT2D eigenvalue weighted by Gasteiger charge is 2.11. The summed E-state index contributed by atoms with van der Waals surface area (Å²) in [6.07, 6.45) is 1.04. The number of rotatable bonds is 6. The number of benzene rings is 1. The van der Waals surface area contributed by atoms with E-state index in [9.17, 15) is 13.2 Å². The fourth-order valence-corrected chi connectivity index (χ4v) is 2.29. The first-order valence-corrected chi connectivity index (χ1v) is 8.16. The maximum atomic E-state index is 11.9. The largest absolute Gasteiger partial charge is 0.351 e. The summed E-state index contributed by atoms with van der Waals surface area (Å²) in [5.41, 5.74) is 0.631. The topological polar surface area (TPSA) is 78.5 Å². The minimum atomic E-state index is -3.37. The lowest BCUT2D eigenvalue weighted by atomic mass is 10.2. The first-order chi connectivity index (χ1) is 9.19. The van der Waals surface area contributed by atoms with Crippen LogP contribution >= 0.6 is 11.6 Å². The van der Waals surface area contributed by atoms with Crippen LogP contribution in [0.3, 0.4) is 0 Å². The number of sulfonamides is 1. The van der Waals surface area contributed by atoms with Crippen LogP contribution in [0.2, 0.25) is 5.02 Å². The quantitative estimate of drug-likeness (QED) is 0.820. The zero-order valence-electron chi connectivity index (χ0n) is 11.6. The number of hydrogen-bond donors (Lipinski definition) is 2. The summed E-state index contributed by atoms with van der Waals surface area (Å²) < 4.78 is 24.5. The van der Waals surface area contributed by atoms with Crippen molar-refractivity contribution in [3.05, 3.63) is 28.8 Å². The summed E-state index contributed by atoms with van der Waals surface area (Å²) >= 11 is 5.99. The third-order valence-electron chi connectivity index (χ3n) is 2.36. The lowest BCUT2D eigenvalue weighted by molar-refractivity contribution is 0.0951. The van der Waals surface area contributed by atoms with Gasteiger partial charge in [-0.2, -0.15) is 0 Å². The number of carbonyl (C=O) groups excluding carboxylic acids is 1. The van der Waals surface area contributed by atoms with Crippen molar-refractivity contribution in [1.29, 1.82) is 0 Å². The number of likely N-dealkylation sites (N-methyl/N-ethyl adjacent to an activating group) is 1. The molecule has 0 aromatic heterocycles. The number of anilines is 1. The van der Waals surface area contributed by atoms with Gasteiger partial charge in [0.15, 0.2) is 0 Å². The lowest BCUT2D eigenvalue weighted by Crippen LogP contribution is -2.31. The molecule has 112 valence electrons. The summed E-state index contributed by atoms with van der Waals surface area (Å²) in [4.78, 5) is 13.8. The zero-order valence-corrected chi connectivity index (χ0v) is 13.2. The van der Waals surface area contributed by atoms with E-state index in [4.69, 9.17) is 11.6 Å². The molecule has 1 aromatic rings. The predicted octanol–water partition coefficient (Wildman–Crippen LogP) is 1.00. The second kappa shape index (κ2) is 6.92. The van der Waals surface area contributed by atoms with E-state index in [0.29, 0.717) is 17.8 Å². The van der Waals surface area contributed by atoms with Crippen LogP contribution in [0.15, 0.2) is 18.2 Å². The molecule has 0 fully saturated rings. The second-order valence-corrected chi connectivity index (χ2v) is 6.78. The molecule has 0 bridgehead atoms. The molecule has 0 saturated heterocycles. The Hall–Kier alpha value is -1.31. The third-order valence-corrected chi connectivity index (χ3v) is 3.28. The molecule has 20 heavy (non-hydrogen) atoms. The molecule has 1 amide bonds. The summed E-state index contributed by atoms with van der Waals surface area (Å²) in [7, 11) is 0.450. The first kappa shape index (κ1) is 16.7. The molecule has 0 aliphatic heterocycles. The van der Waals surface area contributed by atoms with Crippen molar-refractivity contribution < 1.29 is 13.2 Å². The van der Waals surface area contributed by atoms with Gasteiger partial charge < -0.3 is 10.2 Å². The Labute approximate surface area is 124 Å². The van der Waals surface area contributed by atoms with Crippen LogP contribution in [0.5, 0.6) is 0 Å². The molecule has 0 heterocycles. The molecule has 0 saturated carbocycles. The highest BCUT2D eigenvalue weighted by atomic mass is 35.5. The van der Waals surface area contributed by atoms with Crippen molar-refractivity contribution in [3.63, 3.8) is 0 Å². The summed E-state index contributed by atoms with van der Waals surface area (Å²) in [5, 5.41) is 2.93. The Bertz CT molecular complexity index is 588. The van der Waals surface area contributed by atoms with Crippen molar-refractivity contribution in [2.24, 2.45) is 0 Å². The van der Waals surface area contributed by atoms with Crippen LogP contribution in [0.4, 0.5) is 5.69 Å². The number of halogens is 1. The van der Waals surface area contributed by atoms with Gasteiger partial charge in [0, 0.05) is 18.8 Å². The van der Waals surface area contributed by atoms with Crippen LogP contribution in [-0.4, -0.2) is 52.7 Å². The SMILES string of the molecule is CN(C)CCNC(=O)c1ccc(NS(C)(=O)=O)cc1Cl. The van der Waals surface area contributed by atoms with Crippen LogP contribution in [0.25, 0.3) is 0 Å². The Kier molecular flexibility index (Phi) is 5.79. The maximum absolute atomic E-state index is 11.9. The maximum Gasteiger partial charge on any atom is 0.252 e. The molecular weight excluding hydrogens is 302 g/mol. The molecule has 2 N–H and O–H groups in total. The highest BCUT2D eigenvalue weighted by Crippen LogP contribution is 2.21. The van der Waals surface area contributed by atoms with E-state index in [1.807, 2.05) is 19.0 Å². The van der Waals surface area contributed by atoms with Gasteiger partial charge in [-0.05, 0) is 32.3 Å². The molecule has 6 nitrogen and oxygen atoms in total. The summed E-state index contributed by atoms with van der Waals surface area (Å²) in [6.45, 7) is 1.22. The normalized spacial score (nSPS) is 11.4. The van der Waals surface area contributed by atoms with Gasteiger partial charge in [0.2, 0.25) is 10.0 Å². The van der Waals surface area contributed by atoms with Gasteiger partial charge in [0.25, 0.3) is 5.91 Å². The third kappa shape index (κ3) is 5.77. The van der Waals surface area contributed by atoms with Gasteiger partial charge in [0.05, 0.1) is 16.8 Å². The second-order valence-electron chi connectivity index (χ2n) is 4.63. The standard InChI is InChI=1S/C12H18ClN3O3S/c1-16(2)7-6-14-12(17)10-5-4-9(8-11(10)13)15-20(3,18)19/h4-5,8,15H,6-7H2,1-3H3,(H,14,17). The number of carbonyl (C=O) groups is 1. The molecular formula is C12H18ClN3O3S. The van der Waals surface area contributed by atoms with Crippen molar-refractivity contribution in [2.75, 3.05) is 38.2 Å². The number of nitrogens with zero attached hydrogens (tertiary/aromatic N) is 1. The molecule has 1 aromatic carbocycles. The Morgan fingerprint density at radius 3 is 2.50 bits per heavy atom. The van der Waals surface area contributed by atoms with Gasteiger partial charge in [-0.25, -0.2) is 8.42 Å². The molecule has 0 atom stereocenters. The predicted molar refractivity (Wildman–Crippen MR) is 80.8 cm³/mol. The molecule has 0 unspecified atom stereocenters. The van der Waals surface area contributed by atoms with E-state index in [-0.39, 0.29) is 10.9 Å². The van der Waals surface area contributed by atoms with Crippen molar-refractivity contribution in [1.82, 2.24) is 10.2 Å². The molecule has 0 spiro atoms. The lowest BCUT2D eigenvalue weighted by Gasteiger charge is -2.11. The number of hydrogen-bond acceptors (Lipinski definition) is 4. The molecule has 0 aliphatic carbocycles. The zero-order chi connectivity index (χ0) is 15.3. The highest BCUT2D eigenvalue weighted by molar-refractivity contribution is 7.92. The van der Waals surface area contributed by atoms with Crippen molar-refractivity contribution in [2.45, 2.75) is 0 Å². The molecule has 0 aliphatic rings.